The predicted octanol–water partition coefficient (Wildman–Crippen LogP) is 2.04. The molecule has 2 heterocycles. The third kappa shape index (κ3) is 1.06. The average molecular weight is 188 g/mol. The Kier molecular flexibility index (Phi) is 1.47. The third-order valence-electron chi connectivity index (χ3n) is 1.30. The van der Waals surface area contributed by atoms with Crippen LogP contribution in [0, 0.1) is 0 Å². The van der Waals surface area contributed by atoms with E-state index in [-0.39, 0.29) is 0 Å². The Morgan fingerprint density at radius 3 is 3.00 bits per heavy atom. The number of nitrogens with zero attached hydrogens (tertiary/aromatic N) is 3. The van der Waals surface area contributed by atoms with Crippen molar-refractivity contribution in [3.63, 3.8) is 0 Å². The zero-order chi connectivity index (χ0) is 7.84. The van der Waals surface area contributed by atoms with E-state index in [1.165, 1.54) is 10.8 Å². The minimum atomic E-state index is 0.509. The molecule has 2 aromatic rings. The van der Waals surface area contributed by atoms with Gasteiger partial charge in [0, 0.05) is 6.20 Å². The van der Waals surface area contributed by atoms with E-state index in [0.717, 1.165) is 0 Å². The quantitative estimate of drug-likeness (QED) is 0.633. The van der Waals surface area contributed by atoms with Gasteiger partial charge in [-0.3, -0.25) is 0 Å². The molecule has 0 saturated heterocycles. The maximum atomic E-state index is 5.80. The first-order chi connectivity index (χ1) is 5.27. The maximum absolute atomic E-state index is 5.80. The molecule has 0 aromatic carbocycles. The minimum absolute atomic E-state index is 0.509. The summed E-state index contributed by atoms with van der Waals surface area (Å²) in [7, 11) is 0. The van der Waals surface area contributed by atoms with Gasteiger partial charge in [-0.05, 0) is 6.07 Å². The standard InChI is InChI=1S/C6H3Cl2N3/c7-4-1-5(8)6-9-3-10-11(6)2-4/h1-3H. The van der Waals surface area contributed by atoms with Crippen molar-refractivity contribution >= 4 is 28.8 Å². The van der Waals surface area contributed by atoms with Crippen LogP contribution in [0.15, 0.2) is 18.6 Å². The van der Waals surface area contributed by atoms with Crippen molar-refractivity contribution < 1.29 is 0 Å². The minimum Gasteiger partial charge on any atom is -0.218 e. The molecule has 2 rings (SSSR count). The van der Waals surface area contributed by atoms with Crippen LogP contribution in [0.25, 0.3) is 5.65 Å². The summed E-state index contributed by atoms with van der Waals surface area (Å²) in [6.07, 6.45) is 3.08. The second-order valence-electron chi connectivity index (χ2n) is 2.03. The molecule has 0 aliphatic heterocycles. The van der Waals surface area contributed by atoms with Crippen LogP contribution in [-0.4, -0.2) is 14.6 Å². The SMILES string of the molecule is Clc1cc(Cl)c2ncnn2c1. The highest BCUT2D eigenvalue weighted by Crippen LogP contribution is 2.19. The van der Waals surface area contributed by atoms with Crippen LogP contribution in [0.1, 0.15) is 0 Å². The lowest BCUT2D eigenvalue weighted by atomic mass is 10.5. The average Bonchev–Trinajstić information content (AvgIpc) is 2.34. The van der Waals surface area contributed by atoms with Crippen LogP contribution >= 0.6 is 23.2 Å². The molecule has 3 nitrogen and oxygen atoms in total. The second kappa shape index (κ2) is 2.36. The van der Waals surface area contributed by atoms with Crippen molar-refractivity contribution in [3.8, 4) is 0 Å². The molecular formula is C6H3Cl2N3. The first-order valence-corrected chi connectivity index (χ1v) is 3.67. The van der Waals surface area contributed by atoms with E-state index < -0.39 is 0 Å². The summed E-state index contributed by atoms with van der Waals surface area (Å²) >= 11 is 11.5. The number of hydrogen-bond donors (Lipinski definition) is 0. The van der Waals surface area contributed by atoms with Crippen molar-refractivity contribution in [2.75, 3.05) is 0 Å². The van der Waals surface area contributed by atoms with Crippen LogP contribution in [0.2, 0.25) is 10.0 Å². The molecule has 0 N–H and O–H groups in total. The fourth-order valence-corrected chi connectivity index (χ4v) is 1.37. The summed E-state index contributed by atoms with van der Waals surface area (Å²) < 4.78 is 1.53. The van der Waals surface area contributed by atoms with Crippen LogP contribution in [0.3, 0.4) is 0 Å². The molecular weight excluding hydrogens is 185 g/mol. The normalized spacial score (nSPS) is 10.7. The smallest absolute Gasteiger partial charge is 0.173 e. The van der Waals surface area contributed by atoms with Gasteiger partial charge in [-0.25, -0.2) is 9.50 Å². The number of hydrogen-bond acceptors (Lipinski definition) is 2. The zero-order valence-electron chi connectivity index (χ0n) is 5.33. The number of halogens is 2. The second-order valence-corrected chi connectivity index (χ2v) is 2.88. The molecule has 11 heavy (non-hydrogen) atoms. The first kappa shape index (κ1) is 6.88. The third-order valence-corrected chi connectivity index (χ3v) is 1.78. The van der Waals surface area contributed by atoms with Gasteiger partial charge in [0.1, 0.15) is 6.33 Å². The molecule has 5 heteroatoms. The lowest BCUT2D eigenvalue weighted by molar-refractivity contribution is 0.961. The Hall–Kier alpha value is -0.800. The fraction of sp³-hybridized carbons (Fsp3) is 0. The van der Waals surface area contributed by atoms with E-state index in [2.05, 4.69) is 10.1 Å². The molecule has 0 fully saturated rings. The van der Waals surface area contributed by atoms with Gasteiger partial charge in [-0.2, -0.15) is 5.10 Å². The Morgan fingerprint density at radius 1 is 1.36 bits per heavy atom. The van der Waals surface area contributed by atoms with Gasteiger partial charge < -0.3 is 0 Å². The van der Waals surface area contributed by atoms with Gasteiger partial charge >= 0.3 is 0 Å². The summed E-state index contributed by atoms with van der Waals surface area (Å²) in [6.45, 7) is 0. The van der Waals surface area contributed by atoms with E-state index in [0.29, 0.717) is 15.7 Å². The number of aromatic nitrogens is 3. The molecule has 0 amide bonds. The Balaban J connectivity index is 2.91. The molecule has 2 aromatic heterocycles. The van der Waals surface area contributed by atoms with E-state index in [1.807, 2.05) is 0 Å². The van der Waals surface area contributed by atoms with Crippen molar-refractivity contribution in [1.82, 2.24) is 14.6 Å². The van der Waals surface area contributed by atoms with Crippen molar-refractivity contribution in [2.24, 2.45) is 0 Å². The van der Waals surface area contributed by atoms with Gasteiger partial charge in [0.2, 0.25) is 0 Å². The van der Waals surface area contributed by atoms with Crippen LogP contribution in [0.4, 0.5) is 0 Å². The monoisotopic (exact) mass is 187 g/mol. The first-order valence-electron chi connectivity index (χ1n) is 2.92. The molecule has 56 valence electrons. The summed E-state index contributed by atoms with van der Waals surface area (Å²) in [5, 5.41) is 4.94. The van der Waals surface area contributed by atoms with E-state index in [4.69, 9.17) is 23.2 Å². The summed E-state index contributed by atoms with van der Waals surface area (Å²) in [5.41, 5.74) is 0.621. The van der Waals surface area contributed by atoms with Crippen LogP contribution in [0.5, 0.6) is 0 Å². The highest BCUT2D eigenvalue weighted by molar-refractivity contribution is 6.36. The lowest BCUT2D eigenvalue weighted by Gasteiger charge is -1.94. The van der Waals surface area contributed by atoms with Gasteiger partial charge in [0.25, 0.3) is 0 Å². The molecule has 0 aliphatic carbocycles. The lowest BCUT2D eigenvalue weighted by Crippen LogP contribution is -1.86. The van der Waals surface area contributed by atoms with Crippen LogP contribution < -0.4 is 0 Å². The Morgan fingerprint density at radius 2 is 2.18 bits per heavy atom. The summed E-state index contributed by atoms with van der Waals surface area (Å²) in [6, 6.07) is 1.63. The summed E-state index contributed by atoms with van der Waals surface area (Å²) in [4.78, 5) is 3.92. The predicted molar refractivity (Wildman–Crippen MR) is 43.0 cm³/mol. The van der Waals surface area contributed by atoms with E-state index in [1.54, 1.807) is 12.3 Å². The van der Waals surface area contributed by atoms with E-state index in [9.17, 15) is 0 Å². The van der Waals surface area contributed by atoms with Crippen molar-refractivity contribution in [1.29, 1.82) is 0 Å². The molecule has 0 spiro atoms. The number of pyridine rings is 1. The maximum Gasteiger partial charge on any atom is 0.173 e. The van der Waals surface area contributed by atoms with Crippen molar-refractivity contribution in [3.05, 3.63) is 28.6 Å². The number of rotatable bonds is 0. The molecule has 0 bridgehead atoms. The van der Waals surface area contributed by atoms with Crippen molar-refractivity contribution in [2.45, 2.75) is 0 Å². The molecule has 0 aliphatic rings. The molecule has 0 saturated carbocycles. The largest absolute Gasteiger partial charge is 0.218 e. The topological polar surface area (TPSA) is 30.2 Å². The van der Waals surface area contributed by atoms with Gasteiger partial charge in [0.05, 0.1) is 10.0 Å². The Bertz CT molecular complexity index is 396. The molecule has 0 radical (unpaired) electrons. The van der Waals surface area contributed by atoms with Gasteiger partial charge in [-0.1, -0.05) is 23.2 Å². The highest BCUT2D eigenvalue weighted by Gasteiger charge is 2.01. The fourth-order valence-electron chi connectivity index (χ4n) is 0.855. The Labute approximate surface area is 72.6 Å². The van der Waals surface area contributed by atoms with Crippen LogP contribution in [-0.2, 0) is 0 Å². The molecule has 0 atom stereocenters. The molecule has 0 unspecified atom stereocenters. The van der Waals surface area contributed by atoms with Gasteiger partial charge in [0.15, 0.2) is 5.65 Å². The highest BCUT2D eigenvalue weighted by atomic mass is 35.5. The zero-order valence-corrected chi connectivity index (χ0v) is 6.84. The van der Waals surface area contributed by atoms with E-state index >= 15 is 0 Å². The summed E-state index contributed by atoms with van der Waals surface area (Å²) in [5.74, 6) is 0. The van der Waals surface area contributed by atoms with Gasteiger partial charge in [-0.15, -0.1) is 0 Å². The number of fused-ring (bicyclic) bond motifs is 1.